The number of ketones is 1. The fourth-order valence-corrected chi connectivity index (χ4v) is 2.29. The minimum absolute atomic E-state index is 0.00983. The molecule has 3 aromatic carbocycles. The van der Waals surface area contributed by atoms with E-state index in [0.29, 0.717) is 5.56 Å². The Balaban J connectivity index is 1.72. The third-order valence-corrected chi connectivity index (χ3v) is 3.60. The smallest absolute Gasteiger partial charge is 0.185 e. The lowest BCUT2D eigenvalue weighted by molar-refractivity contribution is 0.104. The second-order valence-corrected chi connectivity index (χ2v) is 5.55. The van der Waals surface area contributed by atoms with Gasteiger partial charge in [0.15, 0.2) is 5.78 Å². The van der Waals surface area contributed by atoms with Crippen molar-refractivity contribution in [2.45, 2.75) is 6.92 Å². The number of para-hydroxylation sites is 1. The van der Waals surface area contributed by atoms with Gasteiger partial charge in [-0.15, -0.1) is 0 Å². The van der Waals surface area contributed by atoms with Gasteiger partial charge in [-0.2, -0.15) is 0 Å². The number of benzene rings is 3. The molecule has 0 N–H and O–H groups in total. The highest BCUT2D eigenvalue weighted by molar-refractivity contribution is 6.06. The first kappa shape index (κ1) is 15.8. The van der Waals surface area contributed by atoms with Crippen LogP contribution in [0.3, 0.4) is 0 Å². The van der Waals surface area contributed by atoms with Crippen LogP contribution in [0.25, 0.3) is 6.08 Å². The van der Waals surface area contributed by atoms with Crippen molar-refractivity contribution in [3.8, 4) is 11.5 Å². The highest BCUT2D eigenvalue weighted by Crippen LogP contribution is 2.22. The number of allylic oxidation sites excluding steroid dienone is 1. The standard InChI is InChI=1S/C22H18O2/c1-17-10-13-19(14-11-17)22(23)15-12-18-6-5-9-21(16-18)24-20-7-3-2-4-8-20/h2-16H,1H3/b15-12+. The summed E-state index contributed by atoms with van der Waals surface area (Å²) in [7, 11) is 0. The van der Waals surface area contributed by atoms with Crippen molar-refractivity contribution >= 4 is 11.9 Å². The topological polar surface area (TPSA) is 26.3 Å². The number of ether oxygens (including phenoxy) is 1. The second kappa shape index (κ2) is 7.42. The van der Waals surface area contributed by atoms with Gasteiger partial charge in [0.1, 0.15) is 11.5 Å². The molecule has 0 saturated carbocycles. The molecule has 3 rings (SSSR count). The van der Waals surface area contributed by atoms with Gasteiger partial charge in [0.25, 0.3) is 0 Å². The van der Waals surface area contributed by atoms with Crippen molar-refractivity contribution in [1.82, 2.24) is 0 Å². The van der Waals surface area contributed by atoms with Crippen molar-refractivity contribution in [3.05, 3.63) is 102 Å². The second-order valence-electron chi connectivity index (χ2n) is 5.55. The molecule has 0 amide bonds. The van der Waals surface area contributed by atoms with E-state index in [1.54, 1.807) is 12.2 Å². The van der Waals surface area contributed by atoms with E-state index in [1.165, 1.54) is 0 Å². The lowest BCUT2D eigenvalue weighted by Gasteiger charge is -2.05. The first-order chi connectivity index (χ1) is 11.7. The minimum atomic E-state index is -0.00983. The molecular formula is C22H18O2. The van der Waals surface area contributed by atoms with Gasteiger partial charge in [0, 0.05) is 5.56 Å². The fourth-order valence-electron chi connectivity index (χ4n) is 2.29. The van der Waals surface area contributed by atoms with Gasteiger partial charge in [-0.05, 0) is 42.8 Å². The Labute approximate surface area is 142 Å². The number of carbonyl (C=O) groups is 1. The van der Waals surface area contributed by atoms with Gasteiger partial charge in [0.05, 0.1) is 0 Å². The van der Waals surface area contributed by atoms with E-state index in [9.17, 15) is 4.79 Å². The first-order valence-corrected chi connectivity index (χ1v) is 7.83. The zero-order chi connectivity index (χ0) is 16.8. The molecule has 0 spiro atoms. The van der Waals surface area contributed by atoms with Crippen molar-refractivity contribution in [2.24, 2.45) is 0 Å². The highest BCUT2D eigenvalue weighted by Gasteiger charge is 2.01. The first-order valence-electron chi connectivity index (χ1n) is 7.83. The van der Waals surface area contributed by atoms with E-state index in [-0.39, 0.29) is 5.78 Å². The molecule has 0 aliphatic rings. The van der Waals surface area contributed by atoms with E-state index in [1.807, 2.05) is 85.8 Å². The zero-order valence-corrected chi connectivity index (χ0v) is 13.5. The van der Waals surface area contributed by atoms with Crippen LogP contribution >= 0.6 is 0 Å². The Hall–Kier alpha value is -3.13. The van der Waals surface area contributed by atoms with E-state index in [2.05, 4.69) is 0 Å². The lowest BCUT2D eigenvalue weighted by Crippen LogP contribution is -1.93. The predicted molar refractivity (Wildman–Crippen MR) is 97.5 cm³/mol. The Bertz CT molecular complexity index is 847. The monoisotopic (exact) mass is 314 g/mol. The maximum atomic E-state index is 12.2. The summed E-state index contributed by atoms with van der Waals surface area (Å²) in [6, 6.07) is 24.8. The van der Waals surface area contributed by atoms with E-state index in [4.69, 9.17) is 4.74 Å². The van der Waals surface area contributed by atoms with Crippen LogP contribution in [0.1, 0.15) is 21.5 Å². The third kappa shape index (κ3) is 4.20. The molecule has 0 atom stereocenters. The average Bonchev–Trinajstić information content (AvgIpc) is 2.61. The summed E-state index contributed by atoms with van der Waals surface area (Å²) < 4.78 is 5.80. The molecule has 3 aromatic rings. The summed E-state index contributed by atoms with van der Waals surface area (Å²) in [6.07, 6.45) is 3.40. The summed E-state index contributed by atoms with van der Waals surface area (Å²) in [5, 5.41) is 0. The number of hydrogen-bond acceptors (Lipinski definition) is 2. The molecule has 0 saturated heterocycles. The van der Waals surface area contributed by atoms with Crippen molar-refractivity contribution in [1.29, 1.82) is 0 Å². The van der Waals surface area contributed by atoms with Crippen molar-refractivity contribution < 1.29 is 9.53 Å². The zero-order valence-electron chi connectivity index (χ0n) is 13.5. The molecule has 0 bridgehead atoms. The highest BCUT2D eigenvalue weighted by atomic mass is 16.5. The molecule has 0 heterocycles. The predicted octanol–water partition coefficient (Wildman–Crippen LogP) is 5.68. The molecule has 24 heavy (non-hydrogen) atoms. The lowest BCUT2D eigenvalue weighted by atomic mass is 10.1. The molecule has 0 aliphatic carbocycles. The fraction of sp³-hybridized carbons (Fsp3) is 0.0455. The van der Waals surface area contributed by atoms with Crippen LogP contribution in [-0.2, 0) is 0 Å². The van der Waals surface area contributed by atoms with Crippen LogP contribution < -0.4 is 4.74 Å². The number of rotatable bonds is 5. The summed E-state index contributed by atoms with van der Waals surface area (Å²) in [6.45, 7) is 2.00. The largest absolute Gasteiger partial charge is 0.457 e. The molecule has 0 unspecified atom stereocenters. The Kier molecular flexibility index (Phi) is 4.87. The van der Waals surface area contributed by atoms with Crippen molar-refractivity contribution in [2.75, 3.05) is 0 Å². The SMILES string of the molecule is Cc1ccc(C(=O)/C=C/c2cccc(Oc3ccccc3)c2)cc1. The number of carbonyl (C=O) groups excluding carboxylic acids is 1. The van der Waals surface area contributed by atoms with E-state index in [0.717, 1.165) is 22.6 Å². The molecule has 118 valence electrons. The van der Waals surface area contributed by atoms with Crippen LogP contribution in [0.4, 0.5) is 0 Å². The Morgan fingerprint density at radius 3 is 2.29 bits per heavy atom. The van der Waals surface area contributed by atoms with Crippen LogP contribution in [0.15, 0.2) is 84.9 Å². The molecule has 0 radical (unpaired) electrons. The average molecular weight is 314 g/mol. The third-order valence-electron chi connectivity index (χ3n) is 3.60. The number of aryl methyl sites for hydroxylation is 1. The van der Waals surface area contributed by atoms with Crippen LogP contribution in [0.2, 0.25) is 0 Å². The van der Waals surface area contributed by atoms with Gasteiger partial charge in [-0.3, -0.25) is 4.79 Å². The normalized spacial score (nSPS) is 10.7. The van der Waals surface area contributed by atoms with Gasteiger partial charge in [-0.1, -0.05) is 66.2 Å². The molecule has 2 nitrogen and oxygen atoms in total. The summed E-state index contributed by atoms with van der Waals surface area (Å²) >= 11 is 0. The summed E-state index contributed by atoms with van der Waals surface area (Å²) in [5.74, 6) is 1.52. The van der Waals surface area contributed by atoms with Crippen LogP contribution in [0.5, 0.6) is 11.5 Å². The summed E-state index contributed by atoms with van der Waals surface area (Å²) in [5.41, 5.74) is 2.75. The van der Waals surface area contributed by atoms with Crippen LogP contribution in [-0.4, -0.2) is 5.78 Å². The Morgan fingerprint density at radius 1 is 0.833 bits per heavy atom. The maximum Gasteiger partial charge on any atom is 0.185 e. The van der Waals surface area contributed by atoms with Crippen molar-refractivity contribution in [3.63, 3.8) is 0 Å². The molecule has 0 fully saturated rings. The molecule has 0 aliphatic heterocycles. The van der Waals surface area contributed by atoms with Gasteiger partial charge in [-0.25, -0.2) is 0 Å². The molecule has 2 heteroatoms. The summed E-state index contributed by atoms with van der Waals surface area (Å²) in [4.78, 5) is 12.2. The quantitative estimate of drug-likeness (QED) is 0.447. The number of hydrogen-bond donors (Lipinski definition) is 0. The van der Waals surface area contributed by atoms with Gasteiger partial charge < -0.3 is 4.74 Å². The molecule has 0 aromatic heterocycles. The maximum absolute atomic E-state index is 12.2. The van der Waals surface area contributed by atoms with Gasteiger partial charge in [0.2, 0.25) is 0 Å². The minimum Gasteiger partial charge on any atom is -0.457 e. The van der Waals surface area contributed by atoms with E-state index < -0.39 is 0 Å². The van der Waals surface area contributed by atoms with E-state index >= 15 is 0 Å². The van der Waals surface area contributed by atoms with Gasteiger partial charge >= 0.3 is 0 Å². The molecular weight excluding hydrogens is 296 g/mol. The Morgan fingerprint density at radius 2 is 1.54 bits per heavy atom. The van der Waals surface area contributed by atoms with Crippen LogP contribution in [0, 0.1) is 6.92 Å².